The van der Waals surface area contributed by atoms with Crippen LogP contribution in [0.1, 0.15) is 35.7 Å². The Bertz CT molecular complexity index is 542. The Kier molecular flexibility index (Phi) is 5.19. The molecule has 20 heavy (non-hydrogen) atoms. The van der Waals surface area contributed by atoms with Crippen molar-refractivity contribution in [1.82, 2.24) is 5.32 Å². The van der Waals surface area contributed by atoms with Gasteiger partial charge in [-0.2, -0.15) is 0 Å². The number of hydrogen-bond acceptors (Lipinski definition) is 4. The van der Waals surface area contributed by atoms with Crippen LogP contribution in [0.5, 0.6) is 0 Å². The zero-order valence-electron chi connectivity index (χ0n) is 11.3. The van der Waals surface area contributed by atoms with Gasteiger partial charge >= 0.3 is 5.97 Å². The maximum absolute atomic E-state index is 12.1. The Morgan fingerprint density at radius 3 is 2.65 bits per heavy atom. The summed E-state index contributed by atoms with van der Waals surface area (Å²) in [6, 6.07) is 4.02. The van der Waals surface area contributed by atoms with E-state index in [4.69, 9.17) is 5.11 Å². The van der Waals surface area contributed by atoms with Gasteiger partial charge in [0.15, 0.2) is 0 Å². The zero-order chi connectivity index (χ0) is 15.3. The molecule has 7 heteroatoms. The van der Waals surface area contributed by atoms with Gasteiger partial charge in [0.05, 0.1) is 4.92 Å². The number of nitrogens with one attached hydrogen (secondary N) is 1. The molecule has 0 saturated heterocycles. The number of hydrogen-bond donors (Lipinski definition) is 2. The number of carboxylic acids is 1. The Morgan fingerprint density at radius 1 is 1.45 bits per heavy atom. The van der Waals surface area contributed by atoms with E-state index in [9.17, 15) is 19.7 Å². The molecular weight excluding hydrogens is 264 g/mol. The summed E-state index contributed by atoms with van der Waals surface area (Å²) in [5, 5.41) is 22.1. The van der Waals surface area contributed by atoms with Gasteiger partial charge in [0, 0.05) is 18.5 Å². The third kappa shape index (κ3) is 4.04. The van der Waals surface area contributed by atoms with E-state index in [1.54, 1.807) is 19.9 Å². The van der Waals surface area contributed by atoms with Gasteiger partial charge in [-0.25, -0.2) is 0 Å². The summed E-state index contributed by atoms with van der Waals surface area (Å²) in [5.74, 6) is -1.51. The third-order valence-corrected chi connectivity index (χ3v) is 2.84. The van der Waals surface area contributed by atoms with Crippen molar-refractivity contribution in [2.24, 2.45) is 0 Å². The van der Waals surface area contributed by atoms with E-state index < -0.39 is 16.8 Å². The number of nitro benzene ring substituents is 1. The van der Waals surface area contributed by atoms with E-state index in [1.807, 2.05) is 0 Å². The van der Waals surface area contributed by atoms with Gasteiger partial charge in [-0.05, 0) is 25.8 Å². The highest BCUT2D eigenvalue weighted by atomic mass is 16.6. The van der Waals surface area contributed by atoms with Crippen LogP contribution in [0.15, 0.2) is 18.2 Å². The molecule has 1 aromatic rings. The second kappa shape index (κ2) is 6.65. The summed E-state index contributed by atoms with van der Waals surface area (Å²) in [6.07, 6.45) is 0.193. The average molecular weight is 280 g/mol. The lowest BCUT2D eigenvalue weighted by atomic mass is 10.0. The Hall–Kier alpha value is -2.44. The van der Waals surface area contributed by atoms with Crippen molar-refractivity contribution < 1.29 is 19.6 Å². The van der Waals surface area contributed by atoms with Gasteiger partial charge < -0.3 is 10.4 Å². The molecule has 0 saturated carbocycles. The molecule has 1 unspecified atom stereocenters. The Labute approximate surface area is 115 Å². The Morgan fingerprint density at radius 2 is 2.10 bits per heavy atom. The minimum atomic E-state index is -0.951. The smallest absolute Gasteiger partial charge is 0.303 e. The molecule has 108 valence electrons. The molecule has 0 heterocycles. The third-order valence-electron chi connectivity index (χ3n) is 2.84. The SMILES string of the molecule is Cc1cccc([N+](=O)[O-])c1C(=O)NC(C)CCC(=O)O. The molecule has 0 aliphatic carbocycles. The highest BCUT2D eigenvalue weighted by Gasteiger charge is 2.23. The van der Waals surface area contributed by atoms with Crippen LogP contribution in [0.3, 0.4) is 0 Å². The van der Waals surface area contributed by atoms with Crippen LogP contribution < -0.4 is 5.32 Å². The van der Waals surface area contributed by atoms with Crippen LogP contribution in [-0.4, -0.2) is 27.9 Å². The fourth-order valence-corrected chi connectivity index (χ4v) is 1.81. The molecule has 0 fully saturated rings. The number of nitro groups is 1. The Balaban J connectivity index is 2.87. The number of amides is 1. The first-order valence-electron chi connectivity index (χ1n) is 6.09. The fraction of sp³-hybridized carbons (Fsp3) is 0.385. The molecule has 0 aliphatic heterocycles. The minimum Gasteiger partial charge on any atom is -0.481 e. The number of benzene rings is 1. The highest BCUT2D eigenvalue weighted by molar-refractivity contribution is 5.99. The first kappa shape index (κ1) is 15.6. The molecule has 0 aliphatic rings. The first-order valence-corrected chi connectivity index (χ1v) is 6.09. The number of carboxylic acid groups (broad SMARTS) is 1. The molecule has 0 bridgehead atoms. The quantitative estimate of drug-likeness (QED) is 0.610. The minimum absolute atomic E-state index is 0.0136. The fourth-order valence-electron chi connectivity index (χ4n) is 1.81. The van der Waals surface area contributed by atoms with Gasteiger partial charge in [0.25, 0.3) is 11.6 Å². The van der Waals surface area contributed by atoms with Crippen LogP contribution >= 0.6 is 0 Å². The first-order chi connectivity index (χ1) is 9.32. The zero-order valence-corrected chi connectivity index (χ0v) is 11.3. The number of carbonyl (C=O) groups excluding carboxylic acids is 1. The van der Waals surface area contributed by atoms with E-state index in [2.05, 4.69) is 5.32 Å². The summed E-state index contributed by atoms with van der Waals surface area (Å²) in [4.78, 5) is 32.9. The number of aliphatic carboxylic acids is 1. The van der Waals surface area contributed by atoms with Crippen molar-refractivity contribution in [3.05, 3.63) is 39.4 Å². The lowest BCUT2D eigenvalue weighted by Gasteiger charge is -2.14. The van der Waals surface area contributed by atoms with Gasteiger partial charge in [-0.15, -0.1) is 0 Å². The number of carbonyl (C=O) groups is 2. The molecule has 1 rings (SSSR count). The predicted molar refractivity (Wildman–Crippen MR) is 71.6 cm³/mol. The highest BCUT2D eigenvalue weighted by Crippen LogP contribution is 2.21. The van der Waals surface area contributed by atoms with Gasteiger partial charge in [0.1, 0.15) is 5.56 Å². The predicted octanol–water partition coefficient (Wildman–Crippen LogP) is 1.89. The summed E-state index contributed by atoms with van der Waals surface area (Å²) >= 11 is 0. The number of nitrogens with zero attached hydrogens (tertiary/aromatic N) is 1. The topological polar surface area (TPSA) is 110 Å². The summed E-state index contributed by atoms with van der Waals surface area (Å²) in [5.41, 5.74) is 0.259. The normalized spacial score (nSPS) is 11.7. The van der Waals surface area contributed by atoms with Crippen molar-refractivity contribution in [2.45, 2.75) is 32.7 Å². The molecular formula is C13H16N2O5. The summed E-state index contributed by atoms with van der Waals surface area (Å²) in [6.45, 7) is 3.27. The van der Waals surface area contributed by atoms with Crippen molar-refractivity contribution in [3.8, 4) is 0 Å². The molecule has 1 amide bonds. The standard InChI is InChI=1S/C13H16N2O5/c1-8-4-3-5-10(15(19)20)12(8)13(18)14-9(2)6-7-11(16)17/h3-5,9H,6-7H2,1-2H3,(H,14,18)(H,16,17). The van der Waals surface area contributed by atoms with Crippen molar-refractivity contribution in [3.63, 3.8) is 0 Å². The second-order valence-corrected chi connectivity index (χ2v) is 4.53. The molecule has 1 aromatic carbocycles. The van der Waals surface area contributed by atoms with E-state index in [-0.39, 0.29) is 30.1 Å². The summed E-state index contributed by atoms with van der Waals surface area (Å²) in [7, 11) is 0. The lowest BCUT2D eigenvalue weighted by Crippen LogP contribution is -2.33. The monoisotopic (exact) mass is 280 g/mol. The molecule has 0 aromatic heterocycles. The van der Waals surface area contributed by atoms with Crippen LogP contribution in [0, 0.1) is 17.0 Å². The van der Waals surface area contributed by atoms with Crippen LogP contribution in [-0.2, 0) is 4.79 Å². The largest absolute Gasteiger partial charge is 0.481 e. The van der Waals surface area contributed by atoms with Crippen LogP contribution in [0.4, 0.5) is 5.69 Å². The lowest BCUT2D eigenvalue weighted by molar-refractivity contribution is -0.385. The van der Waals surface area contributed by atoms with E-state index in [0.717, 1.165) is 0 Å². The van der Waals surface area contributed by atoms with Crippen molar-refractivity contribution >= 4 is 17.6 Å². The molecule has 7 nitrogen and oxygen atoms in total. The molecule has 2 N–H and O–H groups in total. The van der Waals surface area contributed by atoms with E-state index >= 15 is 0 Å². The summed E-state index contributed by atoms with van der Waals surface area (Å²) < 4.78 is 0. The van der Waals surface area contributed by atoms with Gasteiger partial charge in [-0.1, -0.05) is 12.1 Å². The molecule has 0 radical (unpaired) electrons. The van der Waals surface area contributed by atoms with E-state index in [0.29, 0.717) is 5.56 Å². The molecule has 1 atom stereocenters. The van der Waals surface area contributed by atoms with Crippen molar-refractivity contribution in [2.75, 3.05) is 0 Å². The maximum Gasteiger partial charge on any atom is 0.303 e. The molecule has 0 spiro atoms. The number of rotatable bonds is 6. The number of aryl methyl sites for hydroxylation is 1. The van der Waals surface area contributed by atoms with Gasteiger partial charge in [0.2, 0.25) is 0 Å². The average Bonchev–Trinajstić information content (AvgIpc) is 2.35. The van der Waals surface area contributed by atoms with E-state index in [1.165, 1.54) is 12.1 Å². The second-order valence-electron chi connectivity index (χ2n) is 4.53. The maximum atomic E-state index is 12.1. The van der Waals surface area contributed by atoms with Gasteiger partial charge in [-0.3, -0.25) is 19.7 Å². The van der Waals surface area contributed by atoms with Crippen molar-refractivity contribution in [1.29, 1.82) is 0 Å². The van der Waals surface area contributed by atoms with Crippen LogP contribution in [0.2, 0.25) is 0 Å². The van der Waals surface area contributed by atoms with Crippen LogP contribution in [0.25, 0.3) is 0 Å².